The number of nitrogens with one attached hydrogen (secondary N) is 1. The van der Waals surface area contributed by atoms with Gasteiger partial charge in [0, 0.05) is 4.90 Å². The van der Waals surface area contributed by atoms with Gasteiger partial charge in [-0.05, 0) is 81.1 Å². The molecule has 0 aliphatic carbocycles. The minimum Gasteiger partial charge on any atom is -0.494 e. The third-order valence-electron chi connectivity index (χ3n) is 5.33. The van der Waals surface area contributed by atoms with Crippen LogP contribution in [0.1, 0.15) is 31.0 Å². The van der Waals surface area contributed by atoms with Crippen LogP contribution < -0.4 is 14.4 Å². The van der Waals surface area contributed by atoms with Crippen LogP contribution in [0.2, 0.25) is 0 Å². The fourth-order valence-corrected chi connectivity index (χ4v) is 5.25. The number of carbonyl (C=O) groups is 1. The van der Waals surface area contributed by atoms with Crippen molar-refractivity contribution in [3.05, 3.63) is 83.9 Å². The van der Waals surface area contributed by atoms with Crippen molar-refractivity contribution in [3.63, 3.8) is 0 Å². The van der Waals surface area contributed by atoms with Crippen LogP contribution in [0.4, 0.5) is 5.69 Å². The zero-order valence-electron chi connectivity index (χ0n) is 19.8. The lowest BCUT2D eigenvalue weighted by molar-refractivity contribution is -0.120. The Morgan fingerprint density at radius 2 is 1.62 bits per heavy atom. The molecule has 6 nitrogen and oxygen atoms in total. The first-order valence-corrected chi connectivity index (χ1v) is 13.7. The standard InChI is InChI=1S/C26H30N2O4S2/c1-5-32-23-12-8-21(9-13-23)20(3)27-26(29)18-28(22-10-6-19(2)7-11-22)34(30,31)25-16-14-24(33-4)15-17-25/h6-17,20H,5,18H2,1-4H3,(H,27,29)/t20-/m0/s1. The zero-order chi connectivity index (χ0) is 24.7. The molecule has 0 saturated heterocycles. The summed E-state index contributed by atoms with van der Waals surface area (Å²) in [6, 6.07) is 20.9. The first kappa shape index (κ1) is 25.6. The van der Waals surface area contributed by atoms with Gasteiger partial charge in [-0.2, -0.15) is 0 Å². The van der Waals surface area contributed by atoms with E-state index in [1.807, 2.05) is 63.4 Å². The predicted molar refractivity (Wildman–Crippen MR) is 138 cm³/mol. The quantitative estimate of drug-likeness (QED) is 0.390. The molecule has 34 heavy (non-hydrogen) atoms. The molecule has 1 amide bonds. The van der Waals surface area contributed by atoms with Crippen LogP contribution in [0.3, 0.4) is 0 Å². The Labute approximate surface area is 206 Å². The molecule has 0 fully saturated rings. The van der Waals surface area contributed by atoms with Crippen molar-refractivity contribution in [2.45, 2.75) is 36.6 Å². The van der Waals surface area contributed by atoms with E-state index in [-0.39, 0.29) is 17.5 Å². The van der Waals surface area contributed by atoms with E-state index in [9.17, 15) is 13.2 Å². The first-order chi connectivity index (χ1) is 16.2. The summed E-state index contributed by atoms with van der Waals surface area (Å²) in [5, 5.41) is 2.91. The van der Waals surface area contributed by atoms with E-state index in [4.69, 9.17) is 4.74 Å². The first-order valence-electron chi connectivity index (χ1n) is 11.0. The van der Waals surface area contributed by atoms with Gasteiger partial charge in [-0.15, -0.1) is 11.8 Å². The van der Waals surface area contributed by atoms with Crippen molar-refractivity contribution in [1.29, 1.82) is 0 Å². The number of amides is 1. The normalized spacial score (nSPS) is 12.1. The maximum atomic E-state index is 13.5. The highest BCUT2D eigenvalue weighted by molar-refractivity contribution is 7.98. The highest BCUT2D eigenvalue weighted by Crippen LogP contribution is 2.26. The van der Waals surface area contributed by atoms with Crippen LogP contribution >= 0.6 is 11.8 Å². The summed E-state index contributed by atoms with van der Waals surface area (Å²) < 4.78 is 33.7. The average Bonchev–Trinajstić information content (AvgIpc) is 2.84. The van der Waals surface area contributed by atoms with Gasteiger partial charge in [0.15, 0.2) is 0 Å². The van der Waals surface area contributed by atoms with E-state index in [1.165, 1.54) is 11.8 Å². The molecule has 3 aromatic carbocycles. The summed E-state index contributed by atoms with van der Waals surface area (Å²) in [7, 11) is -3.95. The molecule has 0 heterocycles. The molecule has 0 unspecified atom stereocenters. The number of benzene rings is 3. The molecule has 0 aliphatic heterocycles. The van der Waals surface area contributed by atoms with E-state index in [1.54, 1.807) is 36.4 Å². The van der Waals surface area contributed by atoms with Gasteiger partial charge in [0.25, 0.3) is 10.0 Å². The van der Waals surface area contributed by atoms with Crippen molar-refractivity contribution in [2.24, 2.45) is 0 Å². The Balaban J connectivity index is 1.83. The highest BCUT2D eigenvalue weighted by atomic mass is 32.2. The highest BCUT2D eigenvalue weighted by Gasteiger charge is 2.27. The Bertz CT molecular complexity index is 1190. The van der Waals surface area contributed by atoms with Crippen LogP contribution in [-0.2, 0) is 14.8 Å². The van der Waals surface area contributed by atoms with E-state index >= 15 is 0 Å². The number of anilines is 1. The van der Waals surface area contributed by atoms with Gasteiger partial charge < -0.3 is 10.1 Å². The molecule has 3 aromatic rings. The summed E-state index contributed by atoms with van der Waals surface area (Å²) in [5.74, 6) is 0.361. The number of ether oxygens (including phenoxy) is 1. The number of aryl methyl sites for hydroxylation is 1. The van der Waals surface area contributed by atoms with Crippen LogP contribution in [-0.4, -0.2) is 33.7 Å². The Morgan fingerprint density at radius 3 is 2.18 bits per heavy atom. The lowest BCUT2D eigenvalue weighted by Crippen LogP contribution is -2.41. The maximum absolute atomic E-state index is 13.5. The topological polar surface area (TPSA) is 75.7 Å². The number of sulfonamides is 1. The Morgan fingerprint density at radius 1 is 1.00 bits per heavy atom. The lowest BCUT2D eigenvalue weighted by Gasteiger charge is -2.25. The van der Waals surface area contributed by atoms with Crippen molar-refractivity contribution in [3.8, 4) is 5.75 Å². The third-order valence-corrected chi connectivity index (χ3v) is 7.86. The van der Waals surface area contributed by atoms with Crippen LogP contribution in [0.25, 0.3) is 0 Å². The van der Waals surface area contributed by atoms with Gasteiger partial charge in [0.2, 0.25) is 5.91 Å². The summed E-state index contributed by atoms with van der Waals surface area (Å²) in [5.41, 5.74) is 2.33. The van der Waals surface area contributed by atoms with Gasteiger partial charge in [-0.1, -0.05) is 29.8 Å². The van der Waals surface area contributed by atoms with Gasteiger partial charge >= 0.3 is 0 Å². The molecule has 0 radical (unpaired) electrons. The lowest BCUT2D eigenvalue weighted by atomic mass is 10.1. The van der Waals surface area contributed by atoms with Crippen LogP contribution in [0, 0.1) is 6.92 Å². The minimum absolute atomic E-state index is 0.137. The molecule has 1 N–H and O–H groups in total. The molecule has 180 valence electrons. The molecule has 0 aliphatic rings. The fourth-order valence-electron chi connectivity index (χ4n) is 3.42. The van der Waals surface area contributed by atoms with Crippen molar-refractivity contribution < 1.29 is 17.9 Å². The summed E-state index contributed by atoms with van der Waals surface area (Å²) in [6.07, 6.45) is 1.93. The number of thioether (sulfide) groups is 1. The second-order valence-corrected chi connectivity index (χ2v) is 10.6. The SMILES string of the molecule is CCOc1ccc([C@H](C)NC(=O)CN(c2ccc(C)cc2)S(=O)(=O)c2ccc(SC)cc2)cc1. The summed E-state index contributed by atoms with van der Waals surface area (Å²) in [4.78, 5) is 14.1. The van der Waals surface area contributed by atoms with Crippen LogP contribution in [0.5, 0.6) is 5.75 Å². The fraction of sp³-hybridized carbons (Fsp3) is 0.269. The second-order valence-electron chi connectivity index (χ2n) is 7.81. The van der Waals surface area contributed by atoms with Gasteiger partial charge in [0.1, 0.15) is 12.3 Å². The van der Waals surface area contributed by atoms with Crippen molar-refractivity contribution in [1.82, 2.24) is 5.32 Å². The molecule has 0 bridgehead atoms. The maximum Gasteiger partial charge on any atom is 0.264 e. The average molecular weight is 499 g/mol. The molecule has 0 spiro atoms. The molecule has 1 atom stereocenters. The Kier molecular flexibility index (Phi) is 8.63. The van der Waals surface area contributed by atoms with E-state index in [0.717, 1.165) is 26.1 Å². The van der Waals surface area contributed by atoms with E-state index < -0.39 is 15.9 Å². The molecule has 0 aromatic heterocycles. The van der Waals surface area contributed by atoms with Gasteiger partial charge in [-0.25, -0.2) is 8.42 Å². The zero-order valence-corrected chi connectivity index (χ0v) is 21.4. The number of rotatable bonds is 10. The number of nitrogens with zero attached hydrogens (tertiary/aromatic N) is 1. The molecule has 0 saturated carbocycles. The molecular weight excluding hydrogens is 468 g/mol. The summed E-state index contributed by atoms with van der Waals surface area (Å²) >= 11 is 1.53. The van der Waals surface area contributed by atoms with E-state index in [0.29, 0.717) is 12.3 Å². The minimum atomic E-state index is -3.95. The molecule has 8 heteroatoms. The number of carbonyl (C=O) groups excluding carboxylic acids is 1. The molecule has 3 rings (SSSR count). The summed E-state index contributed by atoms with van der Waals surface area (Å²) in [6.45, 7) is 5.95. The Hall–Kier alpha value is -2.97. The largest absolute Gasteiger partial charge is 0.494 e. The third kappa shape index (κ3) is 6.33. The van der Waals surface area contributed by atoms with Gasteiger partial charge in [-0.3, -0.25) is 9.10 Å². The van der Waals surface area contributed by atoms with Gasteiger partial charge in [0.05, 0.1) is 23.2 Å². The molecular formula is C26H30N2O4S2. The second kappa shape index (κ2) is 11.4. The monoisotopic (exact) mass is 498 g/mol. The van der Waals surface area contributed by atoms with Crippen molar-refractivity contribution in [2.75, 3.05) is 23.7 Å². The number of hydrogen-bond acceptors (Lipinski definition) is 5. The van der Waals surface area contributed by atoms with Crippen molar-refractivity contribution >= 4 is 33.4 Å². The van der Waals surface area contributed by atoms with Crippen LogP contribution in [0.15, 0.2) is 82.6 Å². The van der Waals surface area contributed by atoms with E-state index in [2.05, 4.69) is 5.32 Å². The number of hydrogen-bond donors (Lipinski definition) is 1. The predicted octanol–water partition coefficient (Wildman–Crippen LogP) is 5.19. The smallest absolute Gasteiger partial charge is 0.264 e.